The first kappa shape index (κ1) is 38.8. The molecule has 310 valence electrons. The average Bonchev–Trinajstić information content (AvgIpc) is 3.87. The van der Waals surface area contributed by atoms with Crippen molar-refractivity contribution >= 4 is 43.6 Å². The van der Waals surface area contributed by atoms with Crippen molar-refractivity contribution in [3.05, 3.63) is 242 Å². The summed E-state index contributed by atoms with van der Waals surface area (Å²) in [6.45, 7) is 0. The average molecular weight is 850 g/mol. The van der Waals surface area contributed by atoms with Gasteiger partial charge in [-0.05, 0) is 111 Å². The van der Waals surface area contributed by atoms with Gasteiger partial charge in [-0.3, -0.25) is 0 Å². The fraction of sp³-hybridized carbons (Fsp3) is 0. The molecule has 12 aromatic rings. The van der Waals surface area contributed by atoms with Gasteiger partial charge in [0.15, 0.2) is 0 Å². The van der Waals surface area contributed by atoms with E-state index in [1.165, 1.54) is 12.1 Å². The van der Waals surface area contributed by atoms with Crippen LogP contribution in [0.4, 0.5) is 8.78 Å². The van der Waals surface area contributed by atoms with E-state index in [-0.39, 0.29) is 0 Å². The molecule has 0 amide bonds. The Kier molecular flexibility index (Phi) is 9.25. The zero-order chi connectivity index (χ0) is 44.3. The highest BCUT2D eigenvalue weighted by molar-refractivity contribution is 6.14. The molecule has 2 heterocycles. The minimum absolute atomic E-state index is 0.340. The van der Waals surface area contributed by atoms with Crippen LogP contribution in [0, 0.1) is 23.0 Å². The number of benzene rings is 10. The summed E-state index contributed by atoms with van der Waals surface area (Å²) in [5.41, 5.74) is 14.5. The van der Waals surface area contributed by atoms with Gasteiger partial charge in [-0.15, -0.1) is 0 Å². The summed E-state index contributed by atoms with van der Waals surface area (Å²) in [6.07, 6.45) is 0. The third-order valence-electron chi connectivity index (χ3n) is 12.8. The predicted molar refractivity (Wildman–Crippen MR) is 267 cm³/mol. The Bertz CT molecular complexity index is 3640. The Morgan fingerprint density at radius 3 is 1.05 bits per heavy atom. The van der Waals surface area contributed by atoms with Crippen LogP contribution in [0.3, 0.4) is 0 Å². The van der Waals surface area contributed by atoms with E-state index in [0.717, 1.165) is 94.2 Å². The maximum atomic E-state index is 15.8. The van der Waals surface area contributed by atoms with Crippen molar-refractivity contribution in [1.82, 2.24) is 9.13 Å². The lowest BCUT2D eigenvalue weighted by atomic mass is 9.97. The molecule has 3 nitrogen and oxygen atoms in total. The number of rotatable bonds is 7. The van der Waals surface area contributed by atoms with Gasteiger partial charge >= 0.3 is 0 Å². The Labute approximate surface area is 379 Å². The van der Waals surface area contributed by atoms with Gasteiger partial charge in [0.05, 0.1) is 45.1 Å². The van der Waals surface area contributed by atoms with Crippen molar-refractivity contribution in [1.29, 1.82) is 5.26 Å². The van der Waals surface area contributed by atoms with Crippen molar-refractivity contribution in [2.45, 2.75) is 0 Å². The molecule has 10 aromatic carbocycles. The van der Waals surface area contributed by atoms with Crippen molar-refractivity contribution in [3.63, 3.8) is 0 Å². The molecule has 0 bridgehead atoms. The van der Waals surface area contributed by atoms with Crippen molar-refractivity contribution in [3.8, 4) is 73.1 Å². The number of halogens is 2. The van der Waals surface area contributed by atoms with Gasteiger partial charge in [-0.2, -0.15) is 5.26 Å². The molecule has 0 spiro atoms. The summed E-state index contributed by atoms with van der Waals surface area (Å²) in [5.74, 6) is -1.40. The summed E-state index contributed by atoms with van der Waals surface area (Å²) in [5, 5.41) is 15.0. The third-order valence-corrected chi connectivity index (χ3v) is 12.8. The lowest BCUT2D eigenvalue weighted by molar-refractivity contribution is 0.584. The summed E-state index contributed by atoms with van der Waals surface area (Å²) < 4.78 is 36.0. The molecule has 0 aliphatic heterocycles. The lowest BCUT2D eigenvalue weighted by Gasteiger charge is -2.21. The Balaban J connectivity index is 1.23. The standard InChI is InChI=1S/C61H37F2N3/c62-49-31-48(32-50(63)37-49)61-59(65-55-27-23-44(40-13-5-1-6-14-40)33-53(55)51-25-21-46(35-57(51)65)42-17-9-3-10-18-42)29-39(38-64)30-60(61)66-56-28-24-45(41-15-7-2-8-16-41)34-54(56)52-26-22-47(36-58(52)66)43-19-11-4-12-20-43/h1-37H. The molecule has 5 heteroatoms. The number of nitriles is 1. The van der Waals surface area contributed by atoms with Gasteiger partial charge in [0, 0.05) is 33.2 Å². The molecule has 0 unspecified atom stereocenters. The number of fused-ring (bicyclic) bond motifs is 6. The molecule has 2 aromatic heterocycles. The van der Waals surface area contributed by atoms with E-state index in [4.69, 9.17) is 0 Å². The number of nitrogens with zero attached hydrogens (tertiary/aromatic N) is 3. The monoisotopic (exact) mass is 849 g/mol. The lowest BCUT2D eigenvalue weighted by Crippen LogP contribution is -2.05. The van der Waals surface area contributed by atoms with Gasteiger partial charge in [-0.25, -0.2) is 8.78 Å². The molecular formula is C61H37F2N3. The number of aromatic nitrogens is 2. The second-order valence-electron chi connectivity index (χ2n) is 16.7. The molecule has 0 fully saturated rings. The van der Waals surface area contributed by atoms with Crippen molar-refractivity contribution in [2.75, 3.05) is 0 Å². The second kappa shape index (κ2) is 15.7. The zero-order valence-electron chi connectivity index (χ0n) is 35.5. The smallest absolute Gasteiger partial charge is 0.126 e. The van der Waals surface area contributed by atoms with E-state index in [1.807, 2.05) is 84.9 Å². The van der Waals surface area contributed by atoms with E-state index in [9.17, 15) is 5.26 Å². The topological polar surface area (TPSA) is 33.6 Å². The molecular weight excluding hydrogens is 813 g/mol. The van der Waals surface area contributed by atoms with Gasteiger partial charge in [0.2, 0.25) is 0 Å². The Morgan fingerprint density at radius 2 is 0.667 bits per heavy atom. The molecule has 0 saturated carbocycles. The predicted octanol–water partition coefficient (Wildman–Crippen LogP) is 16.4. The van der Waals surface area contributed by atoms with E-state index in [0.29, 0.717) is 28.1 Å². The molecule has 0 saturated heterocycles. The molecule has 12 rings (SSSR count). The first-order chi connectivity index (χ1) is 32.5. The van der Waals surface area contributed by atoms with Crippen LogP contribution < -0.4 is 0 Å². The highest BCUT2D eigenvalue weighted by atomic mass is 19.1. The van der Waals surface area contributed by atoms with E-state index < -0.39 is 11.6 Å². The van der Waals surface area contributed by atoms with Crippen molar-refractivity contribution < 1.29 is 8.78 Å². The first-order valence-electron chi connectivity index (χ1n) is 21.9. The maximum absolute atomic E-state index is 15.8. The van der Waals surface area contributed by atoms with Crippen LogP contribution in [0.1, 0.15) is 5.56 Å². The molecule has 0 atom stereocenters. The minimum Gasteiger partial charge on any atom is -0.308 e. The Morgan fingerprint density at radius 1 is 0.303 bits per heavy atom. The van der Waals surface area contributed by atoms with Crippen LogP contribution in [0.5, 0.6) is 0 Å². The highest BCUT2D eigenvalue weighted by Gasteiger charge is 2.25. The van der Waals surface area contributed by atoms with Crippen molar-refractivity contribution in [2.24, 2.45) is 0 Å². The van der Waals surface area contributed by atoms with Crippen LogP contribution in [0.2, 0.25) is 0 Å². The van der Waals surface area contributed by atoms with Crippen LogP contribution >= 0.6 is 0 Å². The molecule has 0 N–H and O–H groups in total. The fourth-order valence-corrected chi connectivity index (χ4v) is 9.82. The maximum Gasteiger partial charge on any atom is 0.126 e. The molecule has 0 radical (unpaired) electrons. The molecule has 0 aliphatic carbocycles. The van der Waals surface area contributed by atoms with E-state index >= 15 is 8.78 Å². The third kappa shape index (κ3) is 6.55. The van der Waals surface area contributed by atoms with E-state index in [1.54, 1.807) is 0 Å². The van der Waals surface area contributed by atoms with Crippen LogP contribution in [-0.2, 0) is 0 Å². The first-order valence-corrected chi connectivity index (χ1v) is 21.9. The quantitative estimate of drug-likeness (QED) is 0.157. The van der Waals surface area contributed by atoms with Crippen LogP contribution in [0.25, 0.3) is 111 Å². The van der Waals surface area contributed by atoms with Crippen LogP contribution in [0.15, 0.2) is 224 Å². The Hall–Kier alpha value is -8.85. The molecule has 0 aliphatic rings. The van der Waals surface area contributed by atoms with Gasteiger partial charge in [-0.1, -0.05) is 158 Å². The fourth-order valence-electron chi connectivity index (χ4n) is 9.82. The second-order valence-corrected chi connectivity index (χ2v) is 16.7. The van der Waals surface area contributed by atoms with Gasteiger partial charge in [0.1, 0.15) is 11.6 Å². The van der Waals surface area contributed by atoms with Gasteiger partial charge < -0.3 is 9.13 Å². The highest BCUT2D eigenvalue weighted by Crippen LogP contribution is 2.45. The summed E-state index contributed by atoms with van der Waals surface area (Å²) >= 11 is 0. The van der Waals surface area contributed by atoms with Gasteiger partial charge in [0.25, 0.3) is 0 Å². The molecule has 66 heavy (non-hydrogen) atoms. The van der Waals surface area contributed by atoms with E-state index in [2.05, 4.69) is 137 Å². The minimum atomic E-state index is -0.701. The SMILES string of the molecule is N#Cc1cc(-n2c3ccc(-c4ccccc4)cc3c3ccc(-c4ccccc4)cc32)c(-c2cc(F)cc(F)c2)c(-n2c3ccc(-c4ccccc4)cc3c3ccc(-c4ccccc4)cc32)c1. The summed E-state index contributed by atoms with van der Waals surface area (Å²) in [6, 6.07) is 76.8. The normalized spacial score (nSPS) is 11.5. The summed E-state index contributed by atoms with van der Waals surface area (Å²) in [4.78, 5) is 0. The summed E-state index contributed by atoms with van der Waals surface area (Å²) in [7, 11) is 0. The largest absolute Gasteiger partial charge is 0.308 e. The van der Waals surface area contributed by atoms with Crippen LogP contribution in [-0.4, -0.2) is 9.13 Å². The number of hydrogen-bond acceptors (Lipinski definition) is 1. The zero-order valence-corrected chi connectivity index (χ0v) is 35.5. The number of hydrogen-bond donors (Lipinski definition) is 0.